The number of methoxy groups -OCH3 is 1. The number of phenolic OH excluding ortho intramolecular Hbond substituents is 1. The monoisotopic (exact) mass is 352 g/mol. The Morgan fingerprint density at radius 3 is 2.95 bits per heavy atom. The van der Waals surface area contributed by atoms with Crippen LogP contribution in [0.3, 0.4) is 0 Å². The summed E-state index contributed by atoms with van der Waals surface area (Å²) in [4.78, 5) is 11.7. The van der Waals surface area contributed by atoms with E-state index in [0.29, 0.717) is 11.3 Å². The number of carbonyl (C=O) groups excluding carboxylic acids is 1. The molecule has 0 radical (unpaired) electrons. The standard InChI is InChI=1S/C13H13BrN4O3/c1-18-4-3-10(17-18)13(20)16-15-7-8-5-9(14)6-11(21-2)12(8)19/h3-7,19H,1-2H3,(H,16,20)/b15-7+. The van der Waals surface area contributed by atoms with Gasteiger partial charge in [0.2, 0.25) is 0 Å². The molecule has 2 rings (SSSR count). The zero-order chi connectivity index (χ0) is 15.4. The first kappa shape index (κ1) is 15.0. The second-order valence-electron chi connectivity index (χ2n) is 4.12. The molecule has 2 aromatic rings. The van der Waals surface area contributed by atoms with Crippen molar-refractivity contribution in [3.05, 3.63) is 40.1 Å². The molecule has 0 fully saturated rings. The Morgan fingerprint density at radius 1 is 1.57 bits per heavy atom. The fourth-order valence-electron chi connectivity index (χ4n) is 1.60. The van der Waals surface area contributed by atoms with Crippen LogP contribution in [0.25, 0.3) is 0 Å². The van der Waals surface area contributed by atoms with E-state index in [1.165, 1.54) is 18.0 Å². The average molecular weight is 353 g/mol. The van der Waals surface area contributed by atoms with Gasteiger partial charge in [-0.25, -0.2) is 5.43 Å². The number of rotatable bonds is 4. The lowest BCUT2D eigenvalue weighted by atomic mass is 10.2. The van der Waals surface area contributed by atoms with Gasteiger partial charge in [-0.05, 0) is 18.2 Å². The Labute approximate surface area is 129 Å². The number of hydrogen-bond donors (Lipinski definition) is 2. The zero-order valence-electron chi connectivity index (χ0n) is 11.4. The Kier molecular flexibility index (Phi) is 4.59. The molecule has 0 bridgehead atoms. The molecule has 0 unspecified atom stereocenters. The Bertz CT molecular complexity index is 697. The highest BCUT2D eigenvalue weighted by molar-refractivity contribution is 9.10. The summed E-state index contributed by atoms with van der Waals surface area (Å²) in [5, 5.41) is 17.7. The Balaban J connectivity index is 2.11. The summed E-state index contributed by atoms with van der Waals surface area (Å²) in [6, 6.07) is 4.85. The van der Waals surface area contributed by atoms with Gasteiger partial charge in [0.25, 0.3) is 5.91 Å². The minimum atomic E-state index is -0.437. The van der Waals surface area contributed by atoms with E-state index in [9.17, 15) is 9.90 Å². The van der Waals surface area contributed by atoms with Crippen molar-refractivity contribution >= 4 is 28.1 Å². The number of halogens is 1. The number of aromatic nitrogens is 2. The number of nitrogens with one attached hydrogen (secondary N) is 1. The predicted octanol–water partition coefficient (Wildman–Crippen LogP) is 1.66. The number of ether oxygens (including phenoxy) is 1. The molecule has 0 aliphatic carbocycles. The van der Waals surface area contributed by atoms with Crippen molar-refractivity contribution in [3.8, 4) is 11.5 Å². The lowest BCUT2D eigenvalue weighted by Gasteiger charge is -2.06. The Morgan fingerprint density at radius 2 is 2.33 bits per heavy atom. The van der Waals surface area contributed by atoms with E-state index in [1.807, 2.05) is 0 Å². The number of aryl methyl sites for hydroxylation is 1. The van der Waals surface area contributed by atoms with Crippen molar-refractivity contribution in [1.82, 2.24) is 15.2 Å². The van der Waals surface area contributed by atoms with E-state index in [0.717, 1.165) is 4.47 Å². The highest BCUT2D eigenvalue weighted by Gasteiger charge is 2.09. The number of phenols is 1. The number of aromatic hydroxyl groups is 1. The zero-order valence-corrected chi connectivity index (χ0v) is 13.0. The van der Waals surface area contributed by atoms with Gasteiger partial charge >= 0.3 is 0 Å². The quantitative estimate of drug-likeness (QED) is 0.646. The molecule has 110 valence electrons. The van der Waals surface area contributed by atoms with Gasteiger partial charge in [0.05, 0.1) is 13.3 Å². The van der Waals surface area contributed by atoms with Crippen molar-refractivity contribution in [2.24, 2.45) is 12.1 Å². The molecule has 0 aliphatic heterocycles. The lowest BCUT2D eigenvalue weighted by Crippen LogP contribution is -2.18. The van der Waals surface area contributed by atoms with Gasteiger partial charge in [0.15, 0.2) is 17.2 Å². The van der Waals surface area contributed by atoms with Crippen LogP contribution in [0.5, 0.6) is 11.5 Å². The highest BCUT2D eigenvalue weighted by atomic mass is 79.9. The van der Waals surface area contributed by atoms with Crippen molar-refractivity contribution < 1.29 is 14.6 Å². The van der Waals surface area contributed by atoms with Gasteiger partial charge < -0.3 is 9.84 Å². The number of hydrogen-bond acceptors (Lipinski definition) is 5. The minimum Gasteiger partial charge on any atom is -0.504 e. The summed E-state index contributed by atoms with van der Waals surface area (Å²) in [5.41, 5.74) is 2.99. The molecule has 0 aliphatic rings. The molecule has 0 spiro atoms. The lowest BCUT2D eigenvalue weighted by molar-refractivity contribution is 0.0949. The van der Waals surface area contributed by atoms with Crippen LogP contribution in [0.15, 0.2) is 34.0 Å². The molecule has 1 heterocycles. The fourth-order valence-corrected chi connectivity index (χ4v) is 2.06. The number of nitrogens with zero attached hydrogens (tertiary/aromatic N) is 3. The maximum Gasteiger partial charge on any atom is 0.291 e. The largest absolute Gasteiger partial charge is 0.504 e. The molecule has 2 N–H and O–H groups in total. The normalized spacial score (nSPS) is 10.8. The van der Waals surface area contributed by atoms with Crippen molar-refractivity contribution in [2.75, 3.05) is 7.11 Å². The fraction of sp³-hybridized carbons (Fsp3) is 0.154. The van der Waals surface area contributed by atoms with Gasteiger partial charge in [0, 0.05) is 23.3 Å². The summed E-state index contributed by atoms with van der Waals surface area (Å²) in [5.74, 6) is -0.188. The highest BCUT2D eigenvalue weighted by Crippen LogP contribution is 2.32. The van der Waals surface area contributed by atoms with Gasteiger partial charge in [-0.2, -0.15) is 10.2 Å². The van der Waals surface area contributed by atoms with E-state index in [2.05, 4.69) is 31.6 Å². The first-order valence-electron chi connectivity index (χ1n) is 5.91. The first-order chi connectivity index (χ1) is 10.0. The summed E-state index contributed by atoms with van der Waals surface area (Å²) in [7, 11) is 3.16. The van der Waals surface area contributed by atoms with Crippen molar-refractivity contribution in [1.29, 1.82) is 0 Å². The average Bonchev–Trinajstić information content (AvgIpc) is 2.88. The van der Waals surface area contributed by atoms with E-state index in [-0.39, 0.29) is 11.4 Å². The number of benzene rings is 1. The molecule has 1 aromatic carbocycles. The van der Waals surface area contributed by atoms with Crippen LogP contribution >= 0.6 is 15.9 Å². The number of carbonyl (C=O) groups is 1. The second kappa shape index (κ2) is 6.40. The molecule has 0 saturated heterocycles. The second-order valence-corrected chi connectivity index (χ2v) is 5.04. The number of amides is 1. The third-order valence-corrected chi connectivity index (χ3v) is 3.06. The van der Waals surface area contributed by atoms with Gasteiger partial charge in [0.1, 0.15) is 0 Å². The molecular weight excluding hydrogens is 340 g/mol. The van der Waals surface area contributed by atoms with Gasteiger partial charge in [-0.15, -0.1) is 0 Å². The SMILES string of the molecule is COc1cc(Br)cc(/C=N/NC(=O)c2ccn(C)n2)c1O. The predicted molar refractivity (Wildman–Crippen MR) is 80.6 cm³/mol. The van der Waals surface area contributed by atoms with Crippen LogP contribution in [-0.2, 0) is 7.05 Å². The topological polar surface area (TPSA) is 88.7 Å². The summed E-state index contributed by atoms with van der Waals surface area (Å²) in [6.07, 6.45) is 2.98. The molecule has 8 heteroatoms. The minimum absolute atomic E-state index is 0.0588. The van der Waals surface area contributed by atoms with Gasteiger partial charge in [-0.1, -0.05) is 15.9 Å². The summed E-state index contributed by atoms with van der Waals surface area (Å²) >= 11 is 3.30. The smallest absolute Gasteiger partial charge is 0.291 e. The van der Waals surface area contributed by atoms with E-state index < -0.39 is 5.91 Å². The number of hydrazone groups is 1. The molecule has 21 heavy (non-hydrogen) atoms. The van der Waals surface area contributed by atoms with E-state index in [1.54, 1.807) is 31.4 Å². The van der Waals surface area contributed by atoms with Crippen LogP contribution in [0.2, 0.25) is 0 Å². The van der Waals surface area contributed by atoms with Gasteiger partial charge in [-0.3, -0.25) is 9.48 Å². The van der Waals surface area contributed by atoms with Crippen LogP contribution in [-0.4, -0.2) is 34.1 Å². The molecule has 1 aromatic heterocycles. The molecule has 0 atom stereocenters. The van der Waals surface area contributed by atoms with Crippen molar-refractivity contribution in [2.45, 2.75) is 0 Å². The summed E-state index contributed by atoms with van der Waals surface area (Å²) in [6.45, 7) is 0. The van der Waals surface area contributed by atoms with E-state index >= 15 is 0 Å². The molecule has 0 saturated carbocycles. The Hall–Kier alpha value is -2.35. The van der Waals surface area contributed by atoms with E-state index in [4.69, 9.17) is 4.74 Å². The molecular formula is C13H13BrN4O3. The van der Waals surface area contributed by atoms with Crippen LogP contribution in [0, 0.1) is 0 Å². The first-order valence-corrected chi connectivity index (χ1v) is 6.70. The maximum absolute atomic E-state index is 11.7. The molecule has 7 nitrogen and oxygen atoms in total. The van der Waals surface area contributed by atoms with Crippen molar-refractivity contribution in [3.63, 3.8) is 0 Å². The summed E-state index contributed by atoms with van der Waals surface area (Å²) < 4.78 is 7.26. The van der Waals surface area contributed by atoms with Crippen LogP contribution in [0.1, 0.15) is 16.1 Å². The van der Waals surface area contributed by atoms with Crippen LogP contribution in [0.4, 0.5) is 0 Å². The maximum atomic E-state index is 11.7. The molecule has 1 amide bonds. The third-order valence-electron chi connectivity index (χ3n) is 2.61. The van der Waals surface area contributed by atoms with Crippen LogP contribution < -0.4 is 10.2 Å². The third kappa shape index (κ3) is 3.60.